The van der Waals surface area contributed by atoms with E-state index in [-0.39, 0.29) is 36.0 Å². The standard InChI is InChI=1S/C12H14N2O6.ClH/c1-3-6-13(12(16)17)11(15)8-4-5-10(20-2)9(7-8)14(18)19;/h4-5,7H,3,6H2,1-2H3,(H,16,17);1H. The van der Waals surface area contributed by atoms with Gasteiger partial charge in [0.2, 0.25) is 0 Å². The number of carbonyl (C=O) groups excluding carboxylic acids is 1. The van der Waals surface area contributed by atoms with E-state index in [9.17, 15) is 19.7 Å². The van der Waals surface area contributed by atoms with Crippen molar-refractivity contribution in [3.8, 4) is 5.75 Å². The minimum absolute atomic E-state index is 0. The summed E-state index contributed by atoms with van der Waals surface area (Å²) in [5.41, 5.74) is -0.464. The molecule has 21 heavy (non-hydrogen) atoms. The minimum atomic E-state index is -1.39. The monoisotopic (exact) mass is 318 g/mol. The van der Waals surface area contributed by atoms with Crippen molar-refractivity contribution < 1.29 is 24.4 Å². The Morgan fingerprint density at radius 2 is 2.05 bits per heavy atom. The maximum absolute atomic E-state index is 12.0. The topological polar surface area (TPSA) is 110 Å². The molecule has 8 nitrogen and oxygen atoms in total. The summed E-state index contributed by atoms with van der Waals surface area (Å²) in [4.78, 5) is 33.8. The summed E-state index contributed by atoms with van der Waals surface area (Å²) >= 11 is 0. The van der Waals surface area contributed by atoms with Gasteiger partial charge in [0.25, 0.3) is 5.91 Å². The molecule has 0 fully saturated rings. The molecule has 1 aromatic carbocycles. The molecule has 0 bridgehead atoms. The van der Waals surface area contributed by atoms with E-state index < -0.39 is 16.9 Å². The van der Waals surface area contributed by atoms with Gasteiger partial charge in [-0.15, -0.1) is 12.4 Å². The van der Waals surface area contributed by atoms with E-state index in [0.29, 0.717) is 11.3 Å². The van der Waals surface area contributed by atoms with Crippen LogP contribution in [0, 0.1) is 10.1 Å². The quantitative estimate of drug-likeness (QED) is 0.660. The summed E-state index contributed by atoms with van der Waals surface area (Å²) in [6.45, 7) is 1.74. The predicted octanol–water partition coefficient (Wildman–Crippen LogP) is 2.56. The van der Waals surface area contributed by atoms with Crippen molar-refractivity contribution in [2.24, 2.45) is 0 Å². The van der Waals surface area contributed by atoms with Crippen LogP contribution in [0.5, 0.6) is 5.75 Å². The van der Waals surface area contributed by atoms with Crippen LogP contribution < -0.4 is 4.74 Å². The zero-order valence-corrected chi connectivity index (χ0v) is 12.3. The third-order valence-electron chi connectivity index (χ3n) is 2.55. The first-order valence-electron chi connectivity index (χ1n) is 5.79. The van der Waals surface area contributed by atoms with Gasteiger partial charge in [-0.3, -0.25) is 14.9 Å². The van der Waals surface area contributed by atoms with Gasteiger partial charge in [-0.25, -0.2) is 9.69 Å². The number of carbonyl (C=O) groups is 2. The Morgan fingerprint density at radius 1 is 1.43 bits per heavy atom. The number of ether oxygens (including phenoxy) is 1. The number of nitro groups is 1. The summed E-state index contributed by atoms with van der Waals surface area (Å²) < 4.78 is 4.81. The Morgan fingerprint density at radius 3 is 2.48 bits per heavy atom. The molecule has 1 N–H and O–H groups in total. The van der Waals surface area contributed by atoms with E-state index in [1.807, 2.05) is 0 Å². The van der Waals surface area contributed by atoms with Crippen LogP contribution in [0.15, 0.2) is 18.2 Å². The summed E-state index contributed by atoms with van der Waals surface area (Å²) in [5, 5.41) is 19.8. The lowest BCUT2D eigenvalue weighted by Crippen LogP contribution is -2.36. The number of amides is 2. The lowest BCUT2D eigenvalue weighted by atomic mass is 10.1. The molecule has 1 rings (SSSR count). The summed E-state index contributed by atoms with van der Waals surface area (Å²) in [5.74, 6) is -0.797. The van der Waals surface area contributed by atoms with Crippen LogP contribution in [0.2, 0.25) is 0 Å². The highest BCUT2D eigenvalue weighted by Crippen LogP contribution is 2.28. The summed E-state index contributed by atoms with van der Waals surface area (Å²) in [6, 6.07) is 3.56. The third kappa shape index (κ3) is 4.32. The Balaban J connectivity index is 0.00000400. The number of carboxylic acid groups (broad SMARTS) is 1. The van der Waals surface area contributed by atoms with Gasteiger partial charge in [0.1, 0.15) is 0 Å². The van der Waals surface area contributed by atoms with Gasteiger partial charge in [-0.05, 0) is 18.6 Å². The second kappa shape index (κ2) is 8.05. The number of rotatable bonds is 5. The Bertz CT molecular complexity index is 549. The third-order valence-corrected chi connectivity index (χ3v) is 2.55. The van der Waals surface area contributed by atoms with Crippen LogP contribution in [-0.4, -0.2) is 40.6 Å². The van der Waals surface area contributed by atoms with E-state index >= 15 is 0 Å². The van der Waals surface area contributed by atoms with Gasteiger partial charge in [0, 0.05) is 18.2 Å². The number of hydrogen-bond acceptors (Lipinski definition) is 5. The first-order valence-corrected chi connectivity index (χ1v) is 5.79. The predicted molar refractivity (Wildman–Crippen MR) is 76.2 cm³/mol. The lowest BCUT2D eigenvalue weighted by molar-refractivity contribution is -0.385. The largest absolute Gasteiger partial charge is 0.490 e. The number of nitro benzene ring substituents is 1. The van der Waals surface area contributed by atoms with E-state index in [1.54, 1.807) is 6.92 Å². The molecule has 0 aliphatic heterocycles. The van der Waals surface area contributed by atoms with Crippen molar-refractivity contribution in [1.29, 1.82) is 0 Å². The van der Waals surface area contributed by atoms with Crippen LogP contribution in [0.1, 0.15) is 23.7 Å². The first kappa shape index (κ1) is 18.7. The van der Waals surface area contributed by atoms with Gasteiger partial charge in [0.15, 0.2) is 5.75 Å². The van der Waals surface area contributed by atoms with E-state index in [4.69, 9.17) is 9.84 Å². The van der Waals surface area contributed by atoms with Gasteiger partial charge in [-0.1, -0.05) is 6.92 Å². The van der Waals surface area contributed by atoms with Crippen molar-refractivity contribution in [2.45, 2.75) is 13.3 Å². The van der Waals surface area contributed by atoms with Crippen LogP contribution in [0.3, 0.4) is 0 Å². The summed E-state index contributed by atoms with van der Waals surface area (Å²) in [6.07, 6.45) is -0.939. The van der Waals surface area contributed by atoms with Gasteiger partial charge in [-0.2, -0.15) is 0 Å². The summed E-state index contributed by atoms with van der Waals surface area (Å²) in [7, 11) is 1.27. The van der Waals surface area contributed by atoms with Gasteiger partial charge >= 0.3 is 11.8 Å². The molecule has 0 unspecified atom stereocenters. The SMILES string of the molecule is CCCN(C(=O)O)C(=O)c1ccc(OC)c([N+](=O)[O-])c1.Cl. The number of halogens is 1. The van der Waals surface area contributed by atoms with E-state index in [1.165, 1.54) is 19.2 Å². The molecule has 0 heterocycles. The molecule has 116 valence electrons. The first-order chi connectivity index (χ1) is 9.42. The highest BCUT2D eigenvalue weighted by Gasteiger charge is 2.24. The van der Waals surface area contributed by atoms with Crippen molar-refractivity contribution in [3.05, 3.63) is 33.9 Å². The fourth-order valence-electron chi connectivity index (χ4n) is 1.63. The van der Waals surface area contributed by atoms with E-state index in [2.05, 4.69) is 0 Å². The maximum atomic E-state index is 12.0. The minimum Gasteiger partial charge on any atom is -0.490 e. The molecule has 0 aromatic heterocycles. The number of hydrogen-bond donors (Lipinski definition) is 1. The molecular formula is C12H15ClN2O6. The average Bonchev–Trinajstić information content (AvgIpc) is 2.42. The molecule has 0 spiro atoms. The highest BCUT2D eigenvalue weighted by molar-refractivity contribution is 6.03. The van der Waals surface area contributed by atoms with Crippen LogP contribution in [0.25, 0.3) is 0 Å². The second-order valence-electron chi connectivity index (χ2n) is 3.88. The zero-order chi connectivity index (χ0) is 15.3. The fraction of sp³-hybridized carbons (Fsp3) is 0.333. The van der Waals surface area contributed by atoms with Gasteiger partial charge in [0.05, 0.1) is 12.0 Å². The van der Waals surface area contributed by atoms with Crippen molar-refractivity contribution >= 4 is 30.1 Å². The smallest absolute Gasteiger partial charge is 0.414 e. The number of imide groups is 1. The molecule has 0 saturated heterocycles. The van der Waals surface area contributed by atoms with Crippen molar-refractivity contribution in [3.63, 3.8) is 0 Å². The van der Waals surface area contributed by atoms with Crippen LogP contribution in [0.4, 0.5) is 10.5 Å². The number of methoxy groups -OCH3 is 1. The molecule has 0 saturated carbocycles. The molecule has 0 atom stereocenters. The lowest BCUT2D eigenvalue weighted by Gasteiger charge is -2.16. The molecule has 0 aliphatic rings. The van der Waals surface area contributed by atoms with E-state index in [0.717, 1.165) is 6.07 Å². The highest BCUT2D eigenvalue weighted by atomic mass is 35.5. The zero-order valence-electron chi connectivity index (χ0n) is 11.4. The van der Waals surface area contributed by atoms with Crippen LogP contribution >= 0.6 is 12.4 Å². The number of benzene rings is 1. The maximum Gasteiger partial charge on any atom is 0.414 e. The molecule has 9 heteroatoms. The average molecular weight is 319 g/mol. The fourth-order valence-corrected chi connectivity index (χ4v) is 1.63. The van der Waals surface area contributed by atoms with Crippen LogP contribution in [-0.2, 0) is 0 Å². The molecule has 0 radical (unpaired) electrons. The van der Waals surface area contributed by atoms with Crippen molar-refractivity contribution in [2.75, 3.05) is 13.7 Å². The number of nitrogens with zero attached hydrogens (tertiary/aromatic N) is 2. The Hall–Kier alpha value is -2.35. The molecular weight excluding hydrogens is 304 g/mol. The van der Waals surface area contributed by atoms with Gasteiger partial charge < -0.3 is 9.84 Å². The Labute approximate surface area is 126 Å². The molecule has 2 amide bonds. The molecule has 0 aliphatic carbocycles. The normalized spacial score (nSPS) is 9.43. The Kier molecular flexibility index (Phi) is 7.15. The van der Waals surface area contributed by atoms with Crippen molar-refractivity contribution in [1.82, 2.24) is 4.90 Å². The second-order valence-corrected chi connectivity index (χ2v) is 3.88. The molecule has 1 aromatic rings.